The standard InChI is InChI=1S/C25H30N2O2/c1-8-27-23-12-16(2)19(13-21(23)17(3)14-25(27,5)6)15-26-22-11-9-10-20(18(22)4)24(28)29-7/h9-15H,8H2,1-7H3. The first-order chi connectivity index (χ1) is 13.7. The summed E-state index contributed by atoms with van der Waals surface area (Å²) in [6, 6.07) is 9.99. The lowest BCUT2D eigenvalue weighted by atomic mass is 9.87. The van der Waals surface area contributed by atoms with Crippen LogP contribution < -0.4 is 4.90 Å². The predicted octanol–water partition coefficient (Wildman–Crippen LogP) is 5.86. The van der Waals surface area contributed by atoms with Crippen molar-refractivity contribution in [3.05, 3.63) is 64.2 Å². The molecule has 0 amide bonds. The highest BCUT2D eigenvalue weighted by Gasteiger charge is 2.30. The summed E-state index contributed by atoms with van der Waals surface area (Å²) in [7, 11) is 1.39. The second-order valence-electron chi connectivity index (χ2n) is 8.15. The Balaban J connectivity index is 2.03. The SMILES string of the molecule is CCN1c2cc(C)c(C=Nc3cccc(C(=O)OC)c3C)cc2C(C)=CC1(C)C. The summed E-state index contributed by atoms with van der Waals surface area (Å²) in [6.07, 6.45) is 4.22. The molecule has 4 heteroatoms. The number of likely N-dealkylation sites (N-methyl/N-ethyl adjacent to an activating group) is 1. The minimum atomic E-state index is -0.340. The Labute approximate surface area is 173 Å². The van der Waals surface area contributed by atoms with Crippen molar-refractivity contribution in [3.63, 3.8) is 0 Å². The second kappa shape index (κ2) is 7.86. The van der Waals surface area contributed by atoms with Gasteiger partial charge in [-0.15, -0.1) is 0 Å². The molecule has 1 heterocycles. The number of allylic oxidation sites excluding steroid dienone is 1. The molecule has 2 aromatic carbocycles. The number of ether oxygens (including phenoxy) is 1. The number of fused-ring (bicyclic) bond motifs is 1. The highest BCUT2D eigenvalue weighted by Crippen LogP contribution is 2.40. The number of benzene rings is 2. The van der Waals surface area contributed by atoms with Gasteiger partial charge in [0.2, 0.25) is 0 Å². The number of carbonyl (C=O) groups excluding carboxylic acids is 1. The van der Waals surface area contributed by atoms with E-state index in [1.165, 1.54) is 29.5 Å². The molecule has 0 unspecified atom stereocenters. The van der Waals surface area contributed by atoms with Gasteiger partial charge < -0.3 is 9.64 Å². The molecule has 0 saturated heterocycles. The number of anilines is 1. The van der Waals surface area contributed by atoms with E-state index in [9.17, 15) is 4.79 Å². The lowest BCUT2D eigenvalue weighted by Crippen LogP contribution is -2.45. The van der Waals surface area contributed by atoms with E-state index in [0.717, 1.165) is 23.4 Å². The lowest BCUT2D eigenvalue weighted by Gasteiger charge is -2.43. The van der Waals surface area contributed by atoms with E-state index in [1.54, 1.807) is 6.07 Å². The second-order valence-corrected chi connectivity index (χ2v) is 8.15. The first-order valence-corrected chi connectivity index (χ1v) is 10.0. The number of esters is 1. The van der Waals surface area contributed by atoms with E-state index in [0.29, 0.717) is 5.56 Å². The molecule has 3 rings (SSSR count). The summed E-state index contributed by atoms with van der Waals surface area (Å²) in [6.45, 7) is 13.8. The Hall–Kier alpha value is -2.88. The number of aliphatic imine (C=N–C) groups is 1. The van der Waals surface area contributed by atoms with Crippen molar-refractivity contribution >= 4 is 29.1 Å². The molecule has 0 N–H and O–H groups in total. The third-order valence-electron chi connectivity index (χ3n) is 5.73. The number of hydrogen-bond acceptors (Lipinski definition) is 4. The monoisotopic (exact) mass is 390 g/mol. The summed E-state index contributed by atoms with van der Waals surface area (Å²) in [5, 5.41) is 0. The van der Waals surface area contributed by atoms with Crippen LogP contribution in [0, 0.1) is 13.8 Å². The van der Waals surface area contributed by atoms with E-state index in [2.05, 4.69) is 57.7 Å². The van der Waals surface area contributed by atoms with Crippen LogP contribution in [0.15, 0.2) is 41.4 Å². The van der Waals surface area contributed by atoms with Gasteiger partial charge in [0.25, 0.3) is 0 Å². The van der Waals surface area contributed by atoms with Crippen LogP contribution in [0.2, 0.25) is 0 Å². The summed E-state index contributed by atoms with van der Waals surface area (Å²) < 4.78 is 4.86. The summed E-state index contributed by atoms with van der Waals surface area (Å²) in [5.74, 6) is -0.340. The zero-order valence-corrected chi connectivity index (χ0v) is 18.5. The molecule has 29 heavy (non-hydrogen) atoms. The van der Waals surface area contributed by atoms with Gasteiger partial charge in [-0.1, -0.05) is 12.1 Å². The van der Waals surface area contributed by atoms with Gasteiger partial charge in [-0.05, 0) is 88.1 Å². The van der Waals surface area contributed by atoms with E-state index in [1.807, 2.05) is 25.3 Å². The topological polar surface area (TPSA) is 41.9 Å². The van der Waals surface area contributed by atoms with Gasteiger partial charge >= 0.3 is 5.97 Å². The first-order valence-electron chi connectivity index (χ1n) is 10.0. The van der Waals surface area contributed by atoms with Gasteiger partial charge in [0, 0.05) is 24.0 Å². The molecule has 152 valence electrons. The zero-order valence-electron chi connectivity index (χ0n) is 18.5. The minimum Gasteiger partial charge on any atom is -0.465 e. The Morgan fingerprint density at radius 2 is 1.93 bits per heavy atom. The number of hydrogen-bond donors (Lipinski definition) is 0. The maximum atomic E-state index is 11.9. The van der Waals surface area contributed by atoms with Crippen LogP contribution in [-0.4, -0.2) is 31.4 Å². The van der Waals surface area contributed by atoms with Crippen molar-refractivity contribution in [3.8, 4) is 0 Å². The average molecular weight is 391 g/mol. The third kappa shape index (κ3) is 3.84. The van der Waals surface area contributed by atoms with E-state index < -0.39 is 0 Å². The molecule has 2 aromatic rings. The van der Waals surface area contributed by atoms with Crippen LogP contribution in [0.4, 0.5) is 11.4 Å². The molecule has 1 aliphatic heterocycles. The summed E-state index contributed by atoms with van der Waals surface area (Å²) in [4.78, 5) is 19.1. The quantitative estimate of drug-likeness (QED) is 0.485. The van der Waals surface area contributed by atoms with Gasteiger partial charge in [0.05, 0.1) is 23.9 Å². The fourth-order valence-corrected chi connectivity index (χ4v) is 4.19. The number of rotatable bonds is 4. The maximum absolute atomic E-state index is 11.9. The minimum absolute atomic E-state index is 0.000678. The number of methoxy groups -OCH3 is 1. The average Bonchev–Trinajstić information content (AvgIpc) is 2.66. The molecular formula is C25H30N2O2. The Bertz CT molecular complexity index is 1020. The molecule has 0 atom stereocenters. The molecule has 0 aliphatic carbocycles. The molecule has 1 aliphatic rings. The molecule has 0 aromatic heterocycles. The molecular weight excluding hydrogens is 360 g/mol. The zero-order chi connectivity index (χ0) is 21.3. The van der Waals surface area contributed by atoms with E-state index in [-0.39, 0.29) is 11.5 Å². The Morgan fingerprint density at radius 3 is 2.59 bits per heavy atom. The summed E-state index contributed by atoms with van der Waals surface area (Å²) >= 11 is 0. The van der Waals surface area contributed by atoms with E-state index in [4.69, 9.17) is 9.73 Å². The summed E-state index contributed by atoms with van der Waals surface area (Å²) in [5.41, 5.74) is 8.20. The van der Waals surface area contributed by atoms with Crippen LogP contribution >= 0.6 is 0 Å². The van der Waals surface area contributed by atoms with Gasteiger partial charge in [-0.25, -0.2) is 4.79 Å². The van der Waals surface area contributed by atoms with Crippen LogP contribution in [0.25, 0.3) is 5.57 Å². The normalized spacial score (nSPS) is 15.3. The van der Waals surface area contributed by atoms with Crippen LogP contribution in [0.3, 0.4) is 0 Å². The van der Waals surface area contributed by atoms with Crippen molar-refractivity contribution in [1.29, 1.82) is 0 Å². The smallest absolute Gasteiger partial charge is 0.338 e. The lowest BCUT2D eigenvalue weighted by molar-refractivity contribution is 0.0600. The molecule has 0 fully saturated rings. The predicted molar refractivity (Wildman–Crippen MR) is 122 cm³/mol. The highest BCUT2D eigenvalue weighted by molar-refractivity contribution is 5.94. The highest BCUT2D eigenvalue weighted by atomic mass is 16.5. The van der Waals surface area contributed by atoms with Crippen LogP contribution in [-0.2, 0) is 4.74 Å². The van der Waals surface area contributed by atoms with Crippen molar-refractivity contribution in [2.75, 3.05) is 18.6 Å². The van der Waals surface area contributed by atoms with Crippen molar-refractivity contribution in [2.24, 2.45) is 4.99 Å². The van der Waals surface area contributed by atoms with Gasteiger partial charge in [-0.2, -0.15) is 0 Å². The number of carbonyl (C=O) groups is 1. The Kier molecular flexibility index (Phi) is 5.65. The fourth-order valence-electron chi connectivity index (χ4n) is 4.19. The van der Waals surface area contributed by atoms with Crippen molar-refractivity contribution < 1.29 is 9.53 Å². The Morgan fingerprint density at radius 1 is 1.21 bits per heavy atom. The maximum Gasteiger partial charge on any atom is 0.338 e. The van der Waals surface area contributed by atoms with Crippen molar-refractivity contribution in [2.45, 2.75) is 47.1 Å². The number of nitrogens with zero attached hydrogens (tertiary/aromatic N) is 2. The molecule has 0 radical (unpaired) electrons. The number of aryl methyl sites for hydroxylation is 1. The van der Waals surface area contributed by atoms with Gasteiger partial charge in [0.1, 0.15) is 0 Å². The fraction of sp³-hybridized carbons (Fsp3) is 0.360. The largest absolute Gasteiger partial charge is 0.465 e. The first kappa shape index (κ1) is 20.8. The molecule has 0 saturated carbocycles. The van der Waals surface area contributed by atoms with Crippen LogP contribution in [0.1, 0.15) is 60.3 Å². The van der Waals surface area contributed by atoms with Gasteiger partial charge in [-0.3, -0.25) is 4.99 Å². The van der Waals surface area contributed by atoms with Crippen LogP contribution in [0.5, 0.6) is 0 Å². The molecule has 0 bridgehead atoms. The third-order valence-corrected chi connectivity index (χ3v) is 5.73. The molecule has 0 spiro atoms. The van der Waals surface area contributed by atoms with Crippen molar-refractivity contribution in [1.82, 2.24) is 0 Å². The van der Waals surface area contributed by atoms with Gasteiger partial charge in [0.15, 0.2) is 0 Å². The molecule has 4 nitrogen and oxygen atoms in total. The van der Waals surface area contributed by atoms with E-state index >= 15 is 0 Å².